The second-order valence-electron chi connectivity index (χ2n) is 9.35. The van der Waals surface area contributed by atoms with E-state index in [0.717, 1.165) is 17.5 Å². The Balaban J connectivity index is 1.49. The molecule has 0 aliphatic carbocycles. The zero-order valence-electron chi connectivity index (χ0n) is 19.8. The lowest BCUT2D eigenvalue weighted by molar-refractivity contribution is -0.136. The predicted octanol–water partition coefficient (Wildman–Crippen LogP) is 4.91. The van der Waals surface area contributed by atoms with Gasteiger partial charge in [-0.05, 0) is 61.1 Å². The maximum absolute atomic E-state index is 10.9. The van der Waals surface area contributed by atoms with Crippen LogP contribution in [0.2, 0.25) is 0 Å². The Bertz CT molecular complexity index is 1060. The molecule has 0 aliphatic heterocycles. The highest BCUT2D eigenvalue weighted by Crippen LogP contribution is 2.23. The molecular weight excluding hydrogens is 414 g/mol. The molecule has 0 aromatic heterocycles. The van der Waals surface area contributed by atoms with Gasteiger partial charge in [0.15, 0.2) is 0 Å². The Hall–Kier alpha value is -2.73. The van der Waals surface area contributed by atoms with Gasteiger partial charge in [-0.25, -0.2) is 0 Å². The summed E-state index contributed by atoms with van der Waals surface area (Å²) >= 11 is 0. The molecule has 176 valence electrons. The van der Waals surface area contributed by atoms with Crippen molar-refractivity contribution in [2.45, 2.75) is 57.8 Å². The maximum Gasteiger partial charge on any atom is 0.303 e. The summed E-state index contributed by atoms with van der Waals surface area (Å²) in [6.07, 6.45) is 0.526. The zero-order valence-corrected chi connectivity index (χ0v) is 19.8. The molecule has 5 nitrogen and oxygen atoms in total. The molecule has 3 aromatic carbocycles. The second kappa shape index (κ2) is 11.4. The molecule has 0 spiro atoms. The van der Waals surface area contributed by atoms with E-state index in [2.05, 4.69) is 55.6 Å². The summed E-state index contributed by atoms with van der Waals surface area (Å²) in [6, 6.07) is 22.6. The molecule has 0 radical (unpaired) electrons. The van der Waals surface area contributed by atoms with Crippen LogP contribution < -0.4 is 5.32 Å². The quantitative estimate of drug-likeness (QED) is 0.366. The monoisotopic (exact) mass is 449 g/mol. The first-order valence-electron chi connectivity index (χ1n) is 11.6. The molecule has 0 saturated heterocycles. The highest BCUT2D eigenvalue weighted by atomic mass is 16.5. The van der Waals surface area contributed by atoms with Gasteiger partial charge in [-0.1, -0.05) is 66.7 Å². The molecular formula is C28H35NO4. The van der Waals surface area contributed by atoms with Gasteiger partial charge in [0.05, 0.1) is 18.8 Å². The van der Waals surface area contributed by atoms with Crippen LogP contribution in [0.15, 0.2) is 66.7 Å². The molecule has 5 heteroatoms. The van der Waals surface area contributed by atoms with Gasteiger partial charge in [0.25, 0.3) is 0 Å². The zero-order chi connectivity index (χ0) is 23.8. The standard InChI is InChI=1S/C28H35NO4/c1-20(26-11-7-6-9-23(26)14-15-27(31)32)33-19-25(30)18-29-28(2,3)17-21-12-13-22-8-4-5-10-24(22)16-21/h4-13,16,20,25,29-30H,14-15,17-19H2,1-3H3,(H,31,32). The topological polar surface area (TPSA) is 78.8 Å². The smallest absolute Gasteiger partial charge is 0.303 e. The van der Waals surface area contributed by atoms with E-state index >= 15 is 0 Å². The number of carboxylic acid groups (broad SMARTS) is 1. The molecule has 3 rings (SSSR count). The molecule has 2 atom stereocenters. The molecule has 0 aliphatic rings. The van der Waals surface area contributed by atoms with Crippen molar-refractivity contribution in [3.63, 3.8) is 0 Å². The summed E-state index contributed by atoms with van der Waals surface area (Å²) in [7, 11) is 0. The molecule has 2 unspecified atom stereocenters. The Morgan fingerprint density at radius 3 is 2.48 bits per heavy atom. The number of β-amino-alcohol motifs (C(OH)–C–C–N with tert-alkyl or cyclic N) is 1. The van der Waals surface area contributed by atoms with E-state index in [1.165, 1.54) is 16.3 Å². The number of aliphatic hydroxyl groups is 1. The third-order valence-electron chi connectivity index (χ3n) is 5.92. The predicted molar refractivity (Wildman–Crippen MR) is 133 cm³/mol. The van der Waals surface area contributed by atoms with Crippen LogP contribution in [0.25, 0.3) is 10.8 Å². The largest absolute Gasteiger partial charge is 0.481 e. The lowest BCUT2D eigenvalue weighted by atomic mass is 9.93. The lowest BCUT2D eigenvalue weighted by Crippen LogP contribution is -2.46. The summed E-state index contributed by atoms with van der Waals surface area (Å²) in [6.45, 7) is 6.83. The normalized spacial score (nSPS) is 13.7. The first-order chi connectivity index (χ1) is 15.7. The SMILES string of the molecule is CC(OCC(O)CNC(C)(C)Cc1ccc2ccccc2c1)c1ccccc1CCC(=O)O. The Morgan fingerprint density at radius 1 is 1.03 bits per heavy atom. The summed E-state index contributed by atoms with van der Waals surface area (Å²) in [5, 5.41) is 25.4. The third kappa shape index (κ3) is 7.67. The van der Waals surface area contributed by atoms with Crippen molar-refractivity contribution >= 4 is 16.7 Å². The van der Waals surface area contributed by atoms with Crippen molar-refractivity contribution < 1.29 is 19.7 Å². The number of nitrogens with one attached hydrogen (secondary N) is 1. The number of hydrogen-bond acceptors (Lipinski definition) is 4. The van der Waals surface area contributed by atoms with Gasteiger partial charge in [0.1, 0.15) is 0 Å². The lowest BCUT2D eigenvalue weighted by Gasteiger charge is -2.28. The fourth-order valence-corrected chi connectivity index (χ4v) is 4.12. The van der Waals surface area contributed by atoms with Gasteiger partial charge < -0.3 is 20.3 Å². The molecule has 3 aromatic rings. The number of aliphatic hydroxyl groups excluding tert-OH is 1. The molecule has 0 heterocycles. The van der Waals surface area contributed by atoms with Crippen molar-refractivity contribution in [1.29, 1.82) is 0 Å². The number of aryl methyl sites for hydroxylation is 1. The summed E-state index contributed by atoms with van der Waals surface area (Å²) in [4.78, 5) is 10.9. The number of ether oxygens (including phenoxy) is 1. The van der Waals surface area contributed by atoms with Crippen LogP contribution >= 0.6 is 0 Å². The number of hydrogen-bond donors (Lipinski definition) is 3. The first kappa shape index (κ1) is 24.9. The van der Waals surface area contributed by atoms with Crippen LogP contribution in [0.5, 0.6) is 0 Å². The Kier molecular flexibility index (Phi) is 8.61. The van der Waals surface area contributed by atoms with E-state index < -0.39 is 12.1 Å². The molecule has 0 saturated carbocycles. The van der Waals surface area contributed by atoms with E-state index in [1.807, 2.05) is 37.3 Å². The molecule has 0 amide bonds. The summed E-state index contributed by atoms with van der Waals surface area (Å²) in [5.41, 5.74) is 3.01. The number of carboxylic acids is 1. The first-order valence-corrected chi connectivity index (χ1v) is 11.6. The van der Waals surface area contributed by atoms with Gasteiger partial charge in [0.2, 0.25) is 0 Å². The maximum atomic E-state index is 10.9. The summed E-state index contributed by atoms with van der Waals surface area (Å²) < 4.78 is 5.93. The van der Waals surface area contributed by atoms with E-state index in [1.54, 1.807) is 0 Å². The van der Waals surface area contributed by atoms with E-state index in [9.17, 15) is 9.90 Å². The van der Waals surface area contributed by atoms with Gasteiger partial charge in [-0.15, -0.1) is 0 Å². The molecule has 3 N–H and O–H groups in total. The van der Waals surface area contributed by atoms with Gasteiger partial charge in [-0.3, -0.25) is 4.79 Å². The number of rotatable bonds is 12. The van der Waals surface area contributed by atoms with E-state index in [-0.39, 0.29) is 24.7 Å². The van der Waals surface area contributed by atoms with Crippen molar-refractivity contribution in [2.75, 3.05) is 13.2 Å². The van der Waals surface area contributed by atoms with Crippen LogP contribution in [-0.2, 0) is 22.4 Å². The van der Waals surface area contributed by atoms with Crippen LogP contribution in [0.1, 0.15) is 50.0 Å². The third-order valence-corrected chi connectivity index (χ3v) is 5.92. The van der Waals surface area contributed by atoms with Crippen molar-refractivity contribution in [3.8, 4) is 0 Å². The number of carbonyl (C=O) groups is 1. The van der Waals surface area contributed by atoms with Gasteiger partial charge in [-0.2, -0.15) is 0 Å². The van der Waals surface area contributed by atoms with Crippen molar-refractivity contribution in [2.24, 2.45) is 0 Å². The second-order valence-corrected chi connectivity index (χ2v) is 9.35. The average Bonchev–Trinajstić information content (AvgIpc) is 2.79. The molecule has 0 bridgehead atoms. The minimum atomic E-state index is -0.814. The van der Waals surface area contributed by atoms with Gasteiger partial charge in [0, 0.05) is 18.5 Å². The van der Waals surface area contributed by atoms with Gasteiger partial charge >= 0.3 is 5.97 Å². The fraction of sp³-hybridized carbons (Fsp3) is 0.393. The van der Waals surface area contributed by atoms with E-state index in [4.69, 9.17) is 9.84 Å². The molecule has 0 fully saturated rings. The highest BCUT2D eigenvalue weighted by Gasteiger charge is 2.20. The number of aliphatic carboxylic acids is 1. The van der Waals surface area contributed by atoms with Crippen molar-refractivity contribution in [3.05, 3.63) is 83.4 Å². The fourth-order valence-electron chi connectivity index (χ4n) is 4.12. The Labute approximate surface area is 196 Å². The average molecular weight is 450 g/mol. The Morgan fingerprint density at radius 2 is 1.73 bits per heavy atom. The number of fused-ring (bicyclic) bond motifs is 1. The van der Waals surface area contributed by atoms with Crippen LogP contribution in [0, 0.1) is 0 Å². The van der Waals surface area contributed by atoms with Crippen molar-refractivity contribution in [1.82, 2.24) is 5.32 Å². The summed E-state index contributed by atoms with van der Waals surface area (Å²) in [5.74, 6) is -0.814. The number of benzene rings is 3. The minimum Gasteiger partial charge on any atom is -0.481 e. The minimum absolute atomic E-state index is 0.0859. The van der Waals surface area contributed by atoms with Crippen LogP contribution in [0.3, 0.4) is 0 Å². The van der Waals surface area contributed by atoms with Crippen LogP contribution in [0.4, 0.5) is 0 Å². The molecule has 33 heavy (non-hydrogen) atoms. The van der Waals surface area contributed by atoms with E-state index in [0.29, 0.717) is 13.0 Å². The van der Waals surface area contributed by atoms with Crippen LogP contribution in [-0.4, -0.2) is 41.0 Å². The highest BCUT2D eigenvalue weighted by molar-refractivity contribution is 5.83.